The summed E-state index contributed by atoms with van der Waals surface area (Å²) in [4.78, 5) is 29.3. The third-order valence-electron chi connectivity index (χ3n) is 4.35. The van der Waals surface area contributed by atoms with Gasteiger partial charge in [0.25, 0.3) is 0 Å². The van der Waals surface area contributed by atoms with Gasteiger partial charge in [-0.3, -0.25) is 9.69 Å². The maximum atomic E-state index is 12.0. The van der Waals surface area contributed by atoms with E-state index in [-0.39, 0.29) is 25.0 Å². The van der Waals surface area contributed by atoms with E-state index in [1.54, 1.807) is 9.80 Å². The van der Waals surface area contributed by atoms with E-state index in [0.29, 0.717) is 39.3 Å². The fourth-order valence-electron chi connectivity index (χ4n) is 2.91. The summed E-state index contributed by atoms with van der Waals surface area (Å²) >= 11 is 0. The quantitative estimate of drug-likeness (QED) is 0.703. The standard InChI is InChI=1S/C15H28N4O5S/c1-15(2,3)24-14(21)18-7-4-17(5-8-18)6-9-19-11-12(10-13(19)20)25(16,22)23/h12H,4-11H2,1-3H3,(H2,16,22,23). The van der Waals surface area contributed by atoms with Crippen LogP contribution in [-0.4, -0.2) is 91.8 Å². The highest BCUT2D eigenvalue weighted by molar-refractivity contribution is 7.89. The normalized spacial score (nSPS) is 23.2. The molecular weight excluding hydrogens is 348 g/mol. The van der Waals surface area contributed by atoms with Crippen LogP contribution in [0.5, 0.6) is 0 Å². The highest BCUT2D eigenvalue weighted by atomic mass is 32.2. The molecule has 0 saturated carbocycles. The van der Waals surface area contributed by atoms with Gasteiger partial charge in [-0.05, 0) is 20.8 Å². The van der Waals surface area contributed by atoms with Crippen LogP contribution in [0.25, 0.3) is 0 Å². The lowest BCUT2D eigenvalue weighted by atomic mass is 10.2. The van der Waals surface area contributed by atoms with Crippen LogP contribution in [-0.2, 0) is 19.6 Å². The summed E-state index contributed by atoms with van der Waals surface area (Å²) in [6, 6.07) is 0. The van der Waals surface area contributed by atoms with E-state index in [1.807, 2.05) is 20.8 Å². The van der Waals surface area contributed by atoms with Gasteiger partial charge in [-0.15, -0.1) is 0 Å². The molecule has 0 radical (unpaired) electrons. The molecule has 0 aromatic carbocycles. The van der Waals surface area contributed by atoms with E-state index < -0.39 is 20.9 Å². The van der Waals surface area contributed by atoms with Gasteiger partial charge in [0.15, 0.2) is 0 Å². The minimum Gasteiger partial charge on any atom is -0.444 e. The minimum atomic E-state index is -3.68. The Hall–Kier alpha value is -1.39. The monoisotopic (exact) mass is 376 g/mol. The molecule has 2 heterocycles. The van der Waals surface area contributed by atoms with E-state index in [0.717, 1.165) is 0 Å². The Kier molecular flexibility index (Phi) is 5.95. The zero-order chi connectivity index (χ0) is 18.8. The van der Waals surface area contributed by atoms with Crippen molar-refractivity contribution in [3.8, 4) is 0 Å². The van der Waals surface area contributed by atoms with Gasteiger partial charge in [-0.1, -0.05) is 0 Å². The van der Waals surface area contributed by atoms with Crippen LogP contribution in [0.3, 0.4) is 0 Å². The zero-order valence-electron chi connectivity index (χ0n) is 15.1. The summed E-state index contributed by atoms with van der Waals surface area (Å²) in [6.45, 7) is 9.32. The predicted octanol–water partition coefficient (Wildman–Crippen LogP) is -0.571. The van der Waals surface area contributed by atoms with Gasteiger partial charge < -0.3 is 14.5 Å². The van der Waals surface area contributed by atoms with Crippen LogP contribution in [0.1, 0.15) is 27.2 Å². The molecule has 144 valence electrons. The second kappa shape index (κ2) is 7.46. The SMILES string of the molecule is CC(C)(C)OC(=O)N1CCN(CCN2CC(S(N)(=O)=O)CC2=O)CC1. The first-order valence-electron chi connectivity index (χ1n) is 8.45. The average molecular weight is 376 g/mol. The van der Waals surface area contributed by atoms with E-state index in [1.165, 1.54) is 0 Å². The molecule has 1 unspecified atom stereocenters. The molecule has 25 heavy (non-hydrogen) atoms. The number of rotatable bonds is 4. The van der Waals surface area contributed by atoms with Crippen molar-refractivity contribution < 1.29 is 22.7 Å². The van der Waals surface area contributed by atoms with Crippen molar-refractivity contribution in [2.75, 3.05) is 45.8 Å². The van der Waals surface area contributed by atoms with Crippen molar-refractivity contribution in [1.29, 1.82) is 0 Å². The van der Waals surface area contributed by atoms with Crippen molar-refractivity contribution in [1.82, 2.24) is 14.7 Å². The molecule has 0 aromatic heterocycles. The minimum absolute atomic E-state index is 0.0365. The van der Waals surface area contributed by atoms with E-state index in [4.69, 9.17) is 9.88 Å². The summed E-state index contributed by atoms with van der Waals surface area (Å²) in [6.07, 6.45) is -0.344. The van der Waals surface area contributed by atoms with Crippen LogP contribution in [0.2, 0.25) is 0 Å². The lowest BCUT2D eigenvalue weighted by Crippen LogP contribution is -2.51. The lowest BCUT2D eigenvalue weighted by Gasteiger charge is -2.36. The van der Waals surface area contributed by atoms with Crippen molar-refractivity contribution in [3.05, 3.63) is 0 Å². The molecule has 2 N–H and O–H groups in total. The first kappa shape index (κ1) is 19.9. The molecule has 2 aliphatic heterocycles. The van der Waals surface area contributed by atoms with Crippen LogP contribution >= 0.6 is 0 Å². The van der Waals surface area contributed by atoms with Gasteiger partial charge in [0.1, 0.15) is 10.9 Å². The molecular formula is C15H28N4O5S. The summed E-state index contributed by atoms with van der Waals surface area (Å²) in [5, 5.41) is 4.32. The molecule has 10 heteroatoms. The molecule has 2 fully saturated rings. The number of nitrogens with two attached hydrogens (primary N) is 1. The molecule has 0 bridgehead atoms. The Balaban J connectivity index is 1.74. The smallest absolute Gasteiger partial charge is 0.410 e. The van der Waals surface area contributed by atoms with Crippen molar-refractivity contribution in [3.63, 3.8) is 0 Å². The summed E-state index contributed by atoms with van der Waals surface area (Å²) in [5.74, 6) is -0.175. The van der Waals surface area contributed by atoms with E-state index in [9.17, 15) is 18.0 Å². The molecule has 0 aromatic rings. The number of hydrogen-bond acceptors (Lipinski definition) is 6. The molecule has 0 aliphatic carbocycles. The first-order valence-corrected chi connectivity index (χ1v) is 10.1. The third kappa shape index (κ3) is 5.82. The Morgan fingerprint density at radius 1 is 1.20 bits per heavy atom. The van der Waals surface area contributed by atoms with Gasteiger partial charge in [-0.25, -0.2) is 18.4 Å². The van der Waals surface area contributed by atoms with Crippen LogP contribution in [0.15, 0.2) is 0 Å². The Morgan fingerprint density at radius 2 is 1.80 bits per heavy atom. The van der Waals surface area contributed by atoms with Crippen LogP contribution < -0.4 is 5.14 Å². The van der Waals surface area contributed by atoms with Gasteiger partial charge in [-0.2, -0.15) is 0 Å². The number of amides is 2. The number of carbonyl (C=O) groups excluding carboxylic acids is 2. The van der Waals surface area contributed by atoms with E-state index in [2.05, 4.69) is 4.90 Å². The summed E-state index contributed by atoms with van der Waals surface area (Å²) in [5.41, 5.74) is -0.510. The fraction of sp³-hybridized carbons (Fsp3) is 0.867. The van der Waals surface area contributed by atoms with Crippen molar-refractivity contribution >= 4 is 22.0 Å². The molecule has 2 rings (SSSR count). The van der Waals surface area contributed by atoms with Gasteiger partial charge in [0, 0.05) is 52.2 Å². The number of piperazine rings is 1. The number of ether oxygens (including phenoxy) is 1. The summed E-state index contributed by atoms with van der Waals surface area (Å²) in [7, 11) is -3.68. The van der Waals surface area contributed by atoms with Crippen molar-refractivity contribution in [2.24, 2.45) is 5.14 Å². The average Bonchev–Trinajstić information content (AvgIpc) is 2.85. The van der Waals surface area contributed by atoms with Crippen LogP contribution in [0, 0.1) is 0 Å². The van der Waals surface area contributed by atoms with E-state index >= 15 is 0 Å². The van der Waals surface area contributed by atoms with Gasteiger partial charge in [0.05, 0.1) is 0 Å². The largest absolute Gasteiger partial charge is 0.444 e. The predicted molar refractivity (Wildman–Crippen MR) is 92.3 cm³/mol. The second-order valence-corrected chi connectivity index (χ2v) is 9.41. The number of carbonyl (C=O) groups is 2. The molecule has 9 nitrogen and oxygen atoms in total. The van der Waals surface area contributed by atoms with Gasteiger partial charge >= 0.3 is 6.09 Å². The molecule has 0 spiro atoms. The van der Waals surface area contributed by atoms with Crippen LogP contribution in [0.4, 0.5) is 4.79 Å². The Morgan fingerprint density at radius 3 is 2.28 bits per heavy atom. The number of primary sulfonamides is 1. The molecule has 1 atom stereocenters. The zero-order valence-corrected chi connectivity index (χ0v) is 15.9. The lowest BCUT2D eigenvalue weighted by molar-refractivity contribution is -0.127. The molecule has 2 aliphatic rings. The number of sulfonamides is 1. The van der Waals surface area contributed by atoms with Gasteiger partial charge in [0.2, 0.25) is 15.9 Å². The Labute approximate surface area is 149 Å². The topological polar surface area (TPSA) is 113 Å². The molecule has 2 saturated heterocycles. The summed E-state index contributed by atoms with van der Waals surface area (Å²) < 4.78 is 28.1. The fourth-order valence-corrected chi connectivity index (χ4v) is 3.68. The first-order chi connectivity index (χ1) is 11.5. The maximum Gasteiger partial charge on any atom is 0.410 e. The van der Waals surface area contributed by atoms with Crippen molar-refractivity contribution in [2.45, 2.75) is 38.0 Å². The molecule has 2 amide bonds. The number of nitrogens with zero attached hydrogens (tertiary/aromatic N) is 3. The Bertz CT molecular complexity index is 608. The highest BCUT2D eigenvalue weighted by Gasteiger charge is 2.36. The number of likely N-dealkylation sites (tertiary alicyclic amines) is 1. The second-order valence-electron chi connectivity index (χ2n) is 7.56. The third-order valence-corrected chi connectivity index (χ3v) is 5.60. The maximum absolute atomic E-state index is 12.0. The highest BCUT2D eigenvalue weighted by Crippen LogP contribution is 2.17. The number of hydrogen-bond donors (Lipinski definition) is 1.